The Morgan fingerprint density at radius 3 is 2.69 bits per heavy atom. The first-order valence-electron chi connectivity index (χ1n) is 10.4. The molecule has 2 aromatic heterocycles. The lowest BCUT2D eigenvalue weighted by Crippen LogP contribution is -2.48. The fourth-order valence-electron chi connectivity index (χ4n) is 3.86. The fraction of sp³-hybridized carbons (Fsp3) is 0.364. The zero-order valence-electron chi connectivity index (χ0n) is 17.9. The third kappa shape index (κ3) is 4.36. The third-order valence-electron chi connectivity index (χ3n) is 5.53. The van der Waals surface area contributed by atoms with E-state index in [0.29, 0.717) is 52.4 Å². The van der Waals surface area contributed by atoms with Gasteiger partial charge >= 0.3 is 0 Å². The molecule has 2 fully saturated rings. The van der Waals surface area contributed by atoms with Crippen molar-refractivity contribution in [2.45, 2.75) is 6.92 Å². The molecular weight excluding hydrogens is 446 g/mol. The molecule has 0 bridgehead atoms. The van der Waals surface area contributed by atoms with E-state index in [-0.39, 0.29) is 18.1 Å². The second kappa shape index (κ2) is 9.53. The van der Waals surface area contributed by atoms with Gasteiger partial charge < -0.3 is 10.0 Å². The highest BCUT2D eigenvalue weighted by Crippen LogP contribution is 2.33. The highest BCUT2D eigenvalue weighted by atomic mass is 32.2. The van der Waals surface area contributed by atoms with E-state index in [1.165, 1.54) is 21.1 Å². The minimum Gasteiger partial charge on any atom is -0.395 e. The zero-order valence-corrected chi connectivity index (χ0v) is 19.5. The standard InChI is InChI=1S/C22H25N5O3S2/c1-3-6-26-21(30)17(32-22(26)31)13-16-19(25-9-7-24(8-10-25)11-12-28)23-18-5-4-15(2)14-27(18)20(16)29/h3-5,13-14,28H,1,6-12H2,2H3/b17-13-. The molecular formula is C22H25N5O3S2. The number of fused-ring (bicyclic) bond motifs is 1. The minimum atomic E-state index is -0.229. The van der Waals surface area contributed by atoms with Gasteiger partial charge in [-0.2, -0.15) is 0 Å². The molecule has 32 heavy (non-hydrogen) atoms. The zero-order chi connectivity index (χ0) is 22.8. The van der Waals surface area contributed by atoms with Crippen molar-refractivity contribution in [1.29, 1.82) is 0 Å². The number of aliphatic hydroxyl groups excluding tert-OH is 1. The van der Waals surface area contributed by atoms with E-state index in [4.69, 9.17) is 17.2 Å². The van der Waals surface area contributed by atoms with Crippen molar-refractivity contribution in [1.82, 2.24) is 19.2 Å². The molecule has 4 rings (SSSR count). The largest absolute Gasteiger partial charge is 0.395 e. The molecule has 10 heteroatoms. The lowest BCUT2D eigenvalue weighted by atomic mass is 10.2. The number of pyridine rings is 1. The molecule has 2 aromatic rings. The normalized spacial score (nSPS) is 18.9. The number of nitrogens with zero attached hydrogens (tertiary/aromatic N) is 5. The van der Waals surface area contributed by atoms with Crippen molar-refractivity contribution >= 4 is 51.7 Å². The molecule has 1 N–H and O–H groups in total. The maximum Gasteiger partial charge on any atom is 0.267 e. The summed E-state index contributed by atoms with van der Waals surface area (Å²) in [6.07, 6.45) is 5.01. The van der Waals surface area contributed by atoms with Crippen LogP contribution in [0, 0.1) is 6.92 Å². The van der Waals surface area contributed by atoms with Gasteiger partial charge in [-0.05, 0) is 24.6 Å². The summed E-state index contributed by atoms with van der Waals surface area (Å²) in [5.41, 5.74) is 1.66. The van der Waals surface area contributed by atoms with Gasteiger partial charge in [0.25, 0.3) is 11.5 Å². The average Bonchev–Trinajstić information content (AvgIpc) is 3.04. The van der Waals surface area contributed by atoms with Crippen LogP contribution in [0.1, 0.15) is 11.1 Å². The van der Waals surface area contributed by atoms with Gasteiger partial charge in [-0.25, -0.2) is 4.98 Å². The molecule has 0 unspecified atom stereocenters. The van der Waals surface area contributed by atoms with Crippen LogP contribution in [0.4, 0.5) is 5.82 Å². The predicted octanol–water partition coefficient (Wildman–Crippen LogP) is 1.50. The van der Waals surface area contributed by atoms with E-state index >= 15 is 0 Å². The molecule has 2 saturated heterocycles. The first kappa shape index (κ1) is 22.7. The number of anilines is 1. The number of rotatable bonds is 6. The van der Waals surface area contributed by atoms with Crippen LogP contribution in [0.5, 0.6) is 0 Å². The van der Waals surface area contributed by atoms with E-state index in [9.17, 15) is 14.7 Å². The van der Waals surface area contributed by atoms with Gasteiger partial charge in [0.05, 0.1) is 17.1 Å². The number of amides is 1. The minimum absolute atomic E-state index is 0.118. The summed E-state index contributed by atoms with van der Waals surface area (Å²) in [6.45, 7) is 9.54. The number of aryl methyl sites for hydroxylation is 1. The van der Waals surface area contributed by atoms with Crippen LogP contribution in [0.3, 0.4) is 0 Å². The highest BCUT2D eigenvalue weighted by Gasteiger charge is 2.32. The van der Waals surface area contributed by atoms with Gasteiger partial charge in [0.2, 0.25) is 0 Å². The summed E-state index contributed by atoms with van der Waals surface area (Å²) < 4.78 is 1.97. The van der Waals surface area contributed by atoms with Crippen molar-refractivity contribution in [3.8, 4) is 0 Å². The van der Waals surface area contributed by atoms with Crippen molar-refractivity contribution < 1.29 is 9.90 Å². The Kier molecular flexibility index (Phi) is 6.75. The van der Waals surface area contributed by atoms with Crippen LogP contribution in [0.25, 0.3) is 11.7 Å². The van der Waals surface area contributed by atoms with Crippen LogP contribution in [0.15, 0.2) is 40.7 Å². The molecule has 0 spiro atoms. The second-order valence-electron chi connectivity index (χ2n) is 7.72. The van der Waals surface area contributed by atoms with Crippen LogP contribution >= 0.6 is 24.0 Å². The van der Waals surface area contributed by atoms with E-state index in [1.807, 2.05) is 19.1 Å². The molecule has 4 heterocycles. The Balaban J connectivity index is 1.80. The number of aliphatic hydroxyl groups is 1. The summed E-state index contributed by atoms with van der Waals surface area (Å²) >= 11 is 6.53. The predicted molar refractivity (Wildman–Crippen MR) is 132 cm³/mol. The Morgan fingerprint density at radius 1 is 1.25 bits per heavy atom. The van der Waals surface area contributed by atoms with E-state index in [1.54, 1.807) is 18.3 Å². The van der Waals surface area contributed by atoms with E-state index in [0.717, 1.165) is 18.7 Å². The maximum atomic E-state index is 13.5. The molecule has 0 aromatic carbocycles. The lowest BCUT2D eigenvalue weighted by Gasteiger charge is -2.35. The first-order valence-corrected chi connectivity index (χ1v) is 11.6. The SMILES string of the molecule is C=CCN1C(=O)/C(=C/c2c(N3CCN(CCO)CC3)nc3ccc(C)cn3c2=O)SC1=S. The Labute approximate surface area is 195 Å². The van der Waals surface area contributed by atoms with Crippen LogP contribution in [-0.4, -0.2) is 80.4 Å². The number of β-amino-alcohol motifs (C(OH)–C–C–N with tert-alkyl or cyclic N) is 1. The average molecular weight is 472 g/mol. The molecule has 0 aliphatic carbocycles. The van der Waals surface area contributed by atoms with E-state index in [2.05, 4.69) is 16.4 Å². The number of thiocarbonyl (C=S) groups is 1. The summed E-state index contributed by atoms with van der Waals surface area (Å²) in [5, 5.41) is 9.21. The quantitative estimate of drug-likeness (QED) is 0.386. The molecule has 2 aliphatic heterocycles. The Morgan fingerprint density at radius 2 is 2.00 bits per heavy atom. The Hall–Kier alpha value is -2.53. The number of thioether (sulfide) groups is 1. The summed E-state index contributed by atoms with van der Waals surface area (Å²) in [7, 11) is 0. The molecule has 0 saturated carbocycles. The summed E-state index contributed by atoms with van der Waals surface area (Å²) in [4.78, 5) is 37.3. The van der Waals surface area contributed by atoms with Crippen molar-refractivity contribution in [3.63, 3.8) is 0 Å². The number of carbonyl (C=O) groups is 1. The van der Waals surface area contributed by atoms with Gasteiger partial charge in [-0.3, -0.25) is 23.8 Å². The number of aromatic nitrogens is 2. The molecule has 0 atom stereocenters. The monoisotopic (exact) mass is 471 g/mol. The third-order valence-corrected chi connectivity index (χ3v) is 6.91. The van der Waals surface area contributed by atoms with Gasteiger partial charge in [0, 0.05) is 45.5 Å². The van der Waals surface area contributed by atoms with Crippen LogP contribution in [0.2, 0.25) is 0 Å². The van der Waals surface area contributed by atoms with Crippen molar-refractivity contribution in [2.24, 2.45) is 0 Å². The number of hydrogen-bond acceptors (Lipinski definition) is 8. The molecule has 0 radical (unpaired) electrons. The first-order chi connectivity index (χ1) is 15.4. The Bertz CT molecular complexity index is 1170. The van der Waals surface area contributed by atoms with Crippen molar-refractivity contribution in [3.05, 3.63) is 57.4 Å². The van der Waals surface area contributed by atoms with Crippen LogP contribution < -0.4 is 10.5 Å². The van der Waals surface area contributed by atoms with E-state index < -0.39 is 0 Å². The molecule has 8 nitrogen and oxygen atoms in total. The molecule has 168 valence electrons. The maximum absolute atomic E-state index is 13.5. The van der Waals surface area contributed by atoms with Gasteiger partial charge in [0.15, 0.2) is 0 Å². The smallest absolute Gasteiger partial charge is 0.267 e. The molecule has 2 aliphatic rings. The molecule has 1 amide bonds. The number of piperazine rings is 1. The van der Waals surface area contributed by atoms with Gasteiger partial charge in [0.1, 0.15) is 15.8 Å². The van der Waals surface area contributed by atoms with Crippen LogP contribution in [-0.2, 0) is 4.79 Å². The van der Waals surface area contributed by atoms with Crippen molar-refractivity contribution in [2.75, 3.05) is 50.8 Å². The van der Waals surface area contributed by atoms with Gasteiger partial charge in [-0.1, -0.05) is 36.1 Å². The summed E-state index contributed by atoms with van der Waals surface area (Å²) in [5.74, 6) is 0.337. The highest BCUT2D eigenvalue weighted by molar-refractivity contribution is 8.26. The number of carbonyl (C=O) groups excluding carboxylic acids is 1. The van der Waals surface area contributed by atoms with Gasteiger partial charge in [-0.15, -0.1) is 6.58 Å². The number of hydrogen-bond donors (Lipinski definition) is 1. The topological polar surface area (TPSA) is 81.4 Å². The summed E-state index contributed by atoms with van der Waals surface area (Å²) in [6, 6.07) is 3.75. The fourth-order valence-corrected chi connectivity index (χ4v) is 5.11. The second-order valence-corrected chi connectivity index (χ2v) is 9.40. The lowest BCUT2D eigenvalue weighted by molar-refractivity contribution is -0.121.